The minimum Gasteiger partial charge on any atom is -0.493 e. The summed E-state index contributed by atoms with van der Waals surface area (Å²) in [6.07, 6.45) is -2.62. The normalized spacial score (nSPS) is 19.5. The van der Waals surface area contributed by atoms with Crippen LogP contribution in [0.4, 0.5) is 13.2 Å². The van der Waals surface area contributed by atoms with Gasteiger partial charge in [-0.25, -0.2) is 4.68 Å². The summed E-state index contributed by atoms with van der Waals surface area (Å²) in [5, 5.41) is 17.9. The molecule has 1 aliphatic heterocycles. The number of fused-ring (bicyclic) bond motifs is 2. The standard InChI is InChI=1S/C20H18F3N3O2/c21-20(22,23)18-13(12-3-4-14-16(27)7-8-28-17(14)9-12)5-6-15-19(18)24-25-26(15)10-11-1-2-11/h3-6,9,11,16,27H,1-2,7-8,10H2. The lowest BCUT2D eigenvalue weighted by Crippen LogP contribution is -2.14. The second-order valence-electron chi connectivity index (χ2n) is 7.47. The van der Waals surface area contributed by atoms with Crippen molar-refractivity contribution in [1.29, 1.82) is 0 Å². The third-order valence-electron chi connectivity index (χ3n) is 5.43. The predicted molar refractivity (Wildman–Crippen MR) is 95.8 cm³/mol. The zero-order valence-electron chi connectivity index (χ0n) is 14.9. The van der Waals surface area contributed by atoms with Gasteiger partial charge in [0.05, 0.1) is 23.8 Å². The van der Waals surface area contributed by atoms with Crippen LogP contribution in [-0.4, -0.2) is 26.7 Å². The van der Waals surface area contributed by atoms with Crippen LogP contribution in [0, 0.1) is 5.92 Å². The molecular formula is C20H18F3N3O2. The fraction of sp³-hybridized carbons (Fsp3) is 0.400. The lowest BCUT2D eigenvalue weighted by Gasteiger charge is -2.23. The van der Waals surface area contributed by atoms with Crippen LogP contribution in [0.5, 0.6) is 5.75 Å². The average molecular weight is 389 g/mol. The molecule has 2 aliphatic rings. The molecule has 146 valence electrons. The van der Waals surface area contributed by atoms with Gasteiger partial charge in [0.1, 0.15) is 11.3 Å². The summed E-state index contributed by atoms with van der Waals surface area (Å²) in [5.41, 5.74) is 0.476. The first-order valence-electron chi connectivity index (χ1n) is 9.30. The van der Waals surface area contributed by atoms with E-state index in [0.717, 1.165) is 12.8 Å². The van der Waals surface area contributed by atoms with Gasteiger partial charge in [-0.05, 0) is 42.0 Å². The van der Waals surface area contributed by atoms with Gasteiger partial charge in [-0.2, -0.15) is 13.2 Å². The van der Waals surface area contributed by atoms with Gasteiger partial charge in [-0.15, -0.1) is 5.10 Å². The second kappa shape index (κ2) is 6.20. The smallest absolute Gasteiger partial charge is 0.419 e. The molecule has 1 aliphatic carbocycles. The van der Waals surface area contributed by atoms with Crippen LogP contribution in [0.15, 0.2) is 30.3 Å². The Morgan fingerprint density at radius 3 is 2.71 bits per heavy atom. The SMILES string of the molecule is OC1CCOc2cc(-c3ccc4c(nnn4CC4CC4)c3C(F)(F)F)ccc21. The largest absolute Gasteiger partial charge is 0.493 e. The summed E-state index contributed by atoms with van der Waals surface area (Å²) >= 11 is 0. The van der Waals surface area contributed by atoms with Crippen molar-refractivity contribution in [1.82, 2.24) is 15.0 Å². The number of hydrogen-bond acceptors (Lipinski definition) is 4. The van der Waals surface area contributed by atoms with E-state index in [2.05, 4.69) is 10.3 Å². The first-order chi connectivity index (χ1) is 13.4. The van der Waals surface area contributed by atoms with E-state index in [1.165, 1.54) is 6.07 Å². The van der Waals surface area contributed by atoms with E-state index >= 15 is 0 Å². The van der Waals surface area contributed by atoms with Gasteiger partial charge >= 0.3 is 6.18 Å². The van der Waals surface area contributed by atoms with Crippen molar-refractivity contribution in [2.45, 2.75) is 38.1 Å². The van der Waals surface area contributed by atoms with E-state index in [1.807, 2.05) is 0 Å². The summed E-state index contributed by atoms with van der Waals surface area (Å²) in [7, 11) is 0. The van der Waals surface area contributed by atoms with Gasteiger partial charge in [0.25, 0.3) is 0 Å². The molecular weight excluding hydrogens is 371 g/mol. The first-order valence-corrected chi connectivity index (χ1v) is 9.30. The highest BCUT2D eigenvalue weighted by atomic mass is 19.4. The number of halogens is 3. The van der Waals surface area contributed by atoms with Crippen molar-refractivity contribution in [3.05, 3.63) is 41.5 Å². The Bertz CT molecular complexity index is 1060. The summed E-state index contributed by atoms with van der Waals surface area (Å²) in [4.78, 5) is 0. The Labute approximate surface area is 158 Å². The first kappa shape index (κ1) is 17.5. The van der Waals surface area contributed by atoms with E-state index in [4.69, 9.17) is 4.74 Å². The van der Waals surface area contributed by atoms with Crippen LogP contribution in [0.1, 0.15) is 36.5 Å². The van der Waals surface area contributed by atoms with Crippen molar-refractivity contribution in [2.75, 3.05) is 6.61 Å². The van der Waals surface area contributed by atoms with E-state index in [-0.39, 0.29) is 11.1 Å². The molecule has 1 atom stereocenters. The number of aliphatic hydroxyl groups is 1. The minimum absolute atomic E-state index is 0.0323. The molecule has 1 saturated carbocycles. The summed E-state index contributed by atoms with van der Waals surface area (Å²) in [6, 6.07) is 7.89. The molecule has 0 amide bonds. The molecule has 1 aromatic heterocycles. The number of rotatable bonds is 3. The van der Waals surface area contributed by atoms with Crippen LogP contribution in [0.25, 0.3) is 22.2 Å². The molecule has 2 heterocycles. The zero-order chi connectivity index (χ0) is 19.5. The number of nitrogens with zero attached hydrogens (tertiary/aromatic N) is 3. The third-order valence-corrected chi connectivity index (χ3v) is 5.43. The lowest BCUT2D eigenvalue weighted by atomic mass is 9.94. The highest BCUT2D eigenvalue weighted by Crippen LogP contribution is 2.43. The average Bonchev–Trinajstić information content (AvgIpc) is 3.39. The van der Waals surface area contributed by atoms with Gasteiger partial charge in [-0.1, -0.05) is 23.4 Å². The number of benzene rings is 2. The van der Waals surface area contributed by atoms with Crippen LogP contribution in [-0.2, 0) is 12.7 Å². The second-order valence-corrected chi connectivity index (χ2v) is 7.47. The lowest BCUT2D eigenvalue weighted by molar-refractivity contribution is -0.135. The molecule has 0 bridgehead atoms. The van der Waals surface area contributed by atoms with E-state index in [0.29, 0.717) is 47.9 Å². The molecule has 8 heteroatoms. The number of alkyl halides is 3. The number of hydrogen-bond donors (Lipinski definition) is 1. The molecule has 5 nitrogen and oxygen atoms in total. The van der Waals surface area contributed by atoms with Crippen LogP contribution in [0.2, 0.25) is 0 Å². The van der Waals surface area contributed by atoms with Gasteiger partial charge in [0.2, 0.25) is 0 Å². The van der Waals surface area contributed by atoms with Crippen molar-refractivity contribution < 1.29 is 23.0 Å². The third kappa shape index (κ3) is 2.92. The van der Waals surface area contributed by atoms with E-state index < -0.39 is 17.8 Å². The molecule has 5 rings (SSSR count). The zero-order valence-corrected chi connectivity index (χ0v) is 14.9. The molecule has 1 fully saturated rings. The van der Waals surface area contributed by atoms with Crippen molar-refractivity contribution in [3.63, 3.8) is 0 Å². The number of aliphatic hydroxyl groups excluding tert-OH is 1. The van der Waals surface area contributed by atoms with Gasteiger partial charge in [-0.3, -0.25) is 0 Å². The maximum atomic E-state index is 14.0. The molecule has 1 N–H and O–H groups in total. The van der Waals surface area contributed by atoms with Crippen LogP contribution in [0.3, 0.4) is 0 Å². The Morgan fingerprint density at radius 2 is 1.96 bits per heavy atom. The summed E-state index contributed by atoms with van der Waals surface area (Å²) in [5.74, 6) is 0.894. The fourth-order valence-corrected chi connectivity index (χ4v) is 3.78. The number of aromatic nitrogens is 3. The summed E-state index contributed by atoms with van der Waals surface area (Å²) < 4.78 is 49.1. The number of ether oxygens (including phenoxy) is 1. The molecule has 3 aromatic rings. The molecule has 0 saturated heterocycles. The highest BCUT2D eigenvalue weighted by molar-refractivity contribution is 5.87. The molecule has 0 radical (unpaired) electrons. The molecule has 28 heavy (non-hydrogen) atoms. The maximum Gasteiger partial charge on any atom is 0.419 e. The van der Waals surface area contributed by atoms with E-state index in [9.17, 15) is 18.3 Å². The van der Waals surface area contributed by atoms with Gasteiger partial charge in [0, 0.05) is 18.5 Å². The highest BCUT2D eigenvalue weighted by Gasteiger charge is 2.38. The van der Waals surface area contributed by atoms with Crippen LogP contribution >= 0.6 is 0 Å². The quantitative estimate of drug-likeness (QED) is 0.724. The summed E-state index contributed by atoms with van der Waals surface area (Å²) in [6.45, 7) is 0.927. The fourth-order valence-electron chi connectivity index (χ4n) is 3.78. The molecule has 1 unspecified atom stereocenters. The van der Waals surface area contributed by atoms with Gasteiger partial charge in [0.15, 0.2) is 0 Å². The van der Waals surface area contributed by atoms with Crippen molar-refractivity contribution in [2.24, 2.45) is 5.92 Å². The van der Waals surface area contributed by atoms with Crippen molar-refractivity contribution >= 4 is 11.0 Å². The minimum atomic E-state index is -4.58. The Balaban J connectivity index is 1.67. The van der Waals surface area contributed by atoms with Crippen molar-refractivity contribution in [3.8, 4) is 16.9 Å². The maximum absolute atomic E-state index is 14.0. The Kier molecular flexibility index (Phi) is 3.87. The predicted octanol–water partition coefficient (Wildman–Crippen LogP) is 4.34. The molecule has 2 aromatic carbocycles. The van der Waals surface area contributed by atoms with E-state index in [1.54, 1.807) is 28.9 Å². The monoisotopic (exact) mass is 389 g/mol. The van der Waals surface area contributed by atoms with Crippen LogP contribution < -0.4 is 4.74 Å². The topological polar surface area (TPSA) is 60.2 Å². The Morgan fingerprint density at radius 1 is 1.14 bits per heavy atom. The van der Waals surface area contributed by atoms with Gasteiger partial charge < -0.3 is 9.84 Å². The molecule has 0 spiro atoms. The Hall–Kier alpha value is -2.61.